The molecule has 0 spiro atoms. The van der Waals surface area contributed by atoms with Gasteiger partial charge in [0, 0.05) is 12.5 Å². The molecule has 1 heterocycles. The van der Waals surface area contributed by atoms with Gasteiger partial charge in [0.1, 0.15) is 0 Å². The Labute approximate surface area is 133 Å². The fraction of sp³-hybridized carbons (Fsp3) is 0.667. The van der Waals surface area contributed by atoms with Crippen LogP contribution in [-0.4, -0.2) is 43.4 Å². The first-order valence-electron chi connectivity index (χ1n) is 8.13. The van der Waals surface area contributed by atoms with Crippen molar-refractivity contribution >= 4 is 0 Å². The number of aliphatic hydroxyl groups is 1. The van der Waals surface area contributed by atoms with Gasteiger partial charge in [0.25, 0.3) is 0 Å². The number of aliphatic hydroxyl groups excluding tert-OH is 1. The summed E-state index contributed by atoms with van der Waals surface area (Å²) in [6.45, 7) is 7.70. The fourth-order valence-electron chi connectivity index (χ4n) is 2.83. The third kappa shape index (κ3) is 5.36. The molecule has 4 heteroatoms. The molecule has 1 aliphatic heterocycles. The van der Waals surface area contributed by atoms with E-state index >= 15 is 0 Å². The smallest absolute Gasteiger partial charge is 0.178 e. The average molecular weight is 308 g/mol. The van der Waals surface area contributed by atoms with Crippen LogP contribution in [-0.2, 0) is 20.6 Å². The summed E-state index contributed by atoms with van der Waals surface area (Å²) in [5, 5.41) is 9.75. The summed E-state index contributed by atoms with van der Waals surface area (Å²) in [5.41, 5.74) is 1.27. The van der Waals surface area contributed by atoms with E-state index in [9.17, 15) is 5.11 Å². The summed E-state index contributed by atoms with van der Waals surface area (Å²) in [6, 6.07) is 10.4. The van der Waals surface area contributed by atoms with E-state index in [0.29, 0.717) is 19.1 Å². The minimum atomic E-state index is -0.877. The Hall–Kier alpha value is -0.940. The average Bonchev–Trinajstić information content (AvgIpc) is 2.46. The lowest BCUT2D eigenvalue weighted by Crippen LogP contribution is -2.45. The van der Waals surface area contributed by atoms with Gasteiger partial charge in [-0.15, -0.1) is 0 Å². The molecule has 1 N–H and O–H groups in total. The van der Waals surface area contributed by atoms with E-state index in [0.717, 1.165) is 6.42 Å². The fourth-order valence-corrected chi connectivity index (χ4v) is 2.83. The number of benzene rings is 1. The molecular weight excluding hydrogens is 280 g/mol. The lowest BCUT2D eigenvalue weighted by atomic mass is 9.91. The zero-order valence-electron chi connectivity index (χ0n) is 13.8. The van der Waals surface area contributed by atoms with E-state index in [1.165, 1.54) is 5.56 Å². The SMILES string of the molecule is CC(C)CO[C@@H]1[C@@H](Cc2ccccc2)COCC(O)O[C@H]1C. The van der Waals surface area contributed by atoms with Crippen LogP contribution in [0.25, 0.3) is 0 Å². The second-order valence-electron chi connectivity index (χ2n) is 6.47. The summed E-state index contributed by atoms with van der Waals surface area (Å²) < 4.78 is 17.3. The van der Waals surface area contributed by atoms with Crippen LogP contribution >= 0.6 is 0 Å². The normalized spacial score (nSPS) is 30.0. The molecule has 1 aliphatic rings. The highest BCUT2D eigenvalue weighted by Crippen LogP contribution is 2.23. The van der Waals surface area contributed by atoms with Crippen LogP contribution in [0, 0.1) is 11.8 Å². The second kappa shape index (κ2) is 8.63. The molecule has 0 aliphatic carbocycles. The van der Waals surface area contributed by atoms with Crippen molar-refractivity contribution in [1.29, 1.82) is 0 Å². The largest absolute Gasteiger partial charge is 0.376 e. The first kappa shape index (κ1) is 17.4. The Kier molecular flexibility index (Phi) is 6.83. The van der Waals surface area contributed by atoms with E-state index in [2.05, 4.69) is 26.0 Å². The minimum absolute atomic E-state index is 0.0856. The van der Waals surface area contributed by atoms with Crippen molar-refractivity contribution in [2.75, 3.05) is 19.8 Å². The minimum Gasteiger partial charge on any atom is -0.376 e. The van der Waals surface area contributed by atoms with Crippen molar-refractivity contribution in [3.05, 3.63) is 35.9 Å². The van der Waals surface area contributed by atoms with Gasteiger partial charge in [-0.2, -0.15) is 0 Å². The van der Waals surface area contributed by atoms with E-state index in [1.807, 2.05) is 25.1 Å². The highest BCUT2D eigenvalue weighted by atomic mass is 16.6. The van der Waals surface area contributed by atoms with Crippen LogP contribution in [0.5, 0.6) is 0 Å². The Morgan fingerprint density at radius 3 is 2.64 bits per heavy atom. The third-order valence-corrected chi connectivity index (χ3v) is 3.85. The zero-order chi connectivity index (χ0) is 15.9. The van der Waals surface area contributed by atoms with E-state index < -0.39 is 6.29 Å². The molecule has 0 bridgehead atoms. The quantitative estimate of drug-likeness (QED) is 0.908. The van der Waals surface area contributed by atoms with E-state index in [1.54, 1.807) is 0 Å². The molecular formula is C18H28O4. The molecule has 1 aromatic carbocycles. The van der Waals surface area contributed by atoms with E-state index in [4.69, 9.17) is 14.2 Å². The highest BCUT2D eigenvalue weighted by Gasteiger charge is 2.32. The lowest BCUT2D eigenvalue weighted by Gasteiger charge is -2.35. The van der Waals surface area contributed by atoms with Crippen molar-refractivity contribution < 1.29 is 19.3 Å². The lowest BCUT2D eigenvalue weighted by molar-refractivity contribution is -0.222. The standard InChI is InChI=1S/C18H28O4/c1-13(2)10-21-18-14(3)22-17(19)12-20-11-16(18)9-15-7-5-4-6-8-15/h4-8,13-14,16-19H,9-12H2,1-3H3/t14-,16-,17?,18-/m0/s1. The number of ether oxygens (including phenoxy) is 3. The molecule has 0 radical (unpaired) electrons. The summed E-state index contributed by atoms with van der Waals surface area (Å²) in [7, 11) is 0. The number of rotatable bonds is 5. The van der Waals surface area contributed by atoms with Crippen LogP contribution in [0.3, 0.4) is 0 Å². The molecule has 1 fully saturated rings. The second-order valence-corrected chi connectivity index (χ2v) is 6.47. The molecule has 0 amide bonds. The van der Waals surface area contributed by atoms with Gasteiger partial charge < -0.3 is 19.3 Å². The van der Waals surface area contributed by atoms with Crippen LogP contribution in [0.15, 0.2) is 30.3 Å². The van der Waals surface area contributed by atoms with Crippen LogP contribution < -0.4 is 0 Å². The van der Waals surface area contributed by atoms with Crippen molar-refractivity contribution in [3.63, 3.8) is 0 Å². The van der Waals surface area contributed by atoms with Crippen LogP contribution in [0.4, 0.5) is 0 Å². The molecule has 1 unspecified atom stereocenters. The molecule has 1 aromatic rings. The van der Waals surface area contributed by atoms with Gasteiger partial charge in [0.2, 0.25) is 0 Å². The molecule has 0 aromatic heterocycles. The van der Waals surface area contributed by atoms with Crippen LogP contribution in [0.1, 0.15) is 26.3 Å². The first-order valence-corrected chi connectivity index (χ1v) is 8.13. The summed E-state index contributed by atoms with van der Waals surface area (Å²) in [5.74, 6) is 0.671. The molecule has 1 saturated heterocycles. The maximum atomic E-state index is 9.75. The first-order chi connectivity index (χ1) is 10.6. The van der Waals surface area contributed by atoms with Crippen LogP contribution in [0.2, 0.25) is 0 Å². The molecule has 22 heavy (non-hydrogen) atoms. The number of hydrogen-bond acceptors (Lipinski definition) is 4. The monoisotopic (exact) mass is 308 g/mol. The molecule has 124 valence electrons. The summed E-state index contributed by atoms with van der Waals surface area (Å²) in [6.07, 6.45) is -0.241. The molecule has 0 saturated carbocycles. The van der Waals surface area contributed by atoms with Gasteiger partial charge in [-0.25, -0.2) is 0 Å². The maximum Gasteiger partial charge on any atom is 0.178 e. The molecule has 4 atom stereocenters. The van der Waals surface area contributed by atoms with E-state index in [-0.39, 0.29) is 24.7 Å². The van der Waals surface area contributed by atoms with Crippen molar-refractivity contribution in [3.8, 4) is 0 Å². The topological polar surface area (TPSA) is 47.9 Å². The van der Waals surface area contributed by atoms with Gasteiger partial charge in [-0.1, -0.05) is 44.2 Å². The van der Waals surface area contributed by atoms with Crippen molar-refractivity contribution in [2.45, 2.75) is 45.7 Å². The van der Waals surface area contributed by atoms with Gasteiger partial charge in [-0.3, -0.25) is 0 Å². The zero-order valence-corrected chi connectivity index (χ0v) is 13.8. The van der Waals surface area contributed by atoms with Gasteiger partial charge >= 0.3 is 0 Å². The Morgan fingerprint density at radius 2 is 1.95 bits per heavy atom. The highest BCUT2D eigenvalue weighted by molar-refractivity contribution is 5.15. The summed E-state index contributed by atoms with van der Waals surface area (Å²) >= 11 is 0. The predicted octanol–water partition coefficient (Wildman–Crippen LogP) is 2.64. The summed E-state index contributed by atoms with van der Waals surface area (Å²) in [4.78, 5) is 0. The third-order valence-electron chi connectivity index (χ3n) is 3.85. The van der Waals surface area contributed by atoms with Gasteiger partial charge in [0.15, 0.2) is 6.29 Å². The molecule has 2 rings (SSSR count). The molecule has 4 nitrogen and oxygen atoms in total. The Balaban J connectivity index is 2.09. The van der Waals surface area contributed by atoms with Gasteiger partial charge in [-0.05, 0) is 24.8 Å². The Morgan fingerprint density at radius 1 is 1.23 bits per heavy atom. The number of hydrogen-bond donors (Lipinski definition) is 1. The predicted molar refractivity (Wildman–Crippen MR) is 85.6 cm³/mol. The van der Waals surface area contributed by atoms with Gasteiger partial charge in [0.05, 0.1) is 25.4 Å². The maximum absolute atomic E-state index is 9.75. The van der Waals surface area contributed by atoms with Crippen molar-refractivity contribution in [2.24, 2.45) is 11.8 Å². The van der Waals surface area contributed by atoms with Crippen molar-refractivity contribution in [1.82, 2.24) is 0 Å². The Bertz CT molecular complexity index is 420.